The second-order valence-corrected chi connectivity index (χ2v) is 13.7. The van der Waals surface area contributed by atoms with Gasteiger partial charge in [0, 0.05) is 39.2 Å². The maximum absolute atomic E-state index is 5.34. The zero-order valence-corrected chi connectivity index (χ0v) is 30.3. The minimum atomic E-state index is 0.663. The van der Waals surface area contributed by atoms with Crippen molar-refractivity contribution in [1.29, 1.82) is 0 Å². The normalized spacial score (nSPS) is 11.2. The van der Waals surface area contributed by atoms with Crippen LogP contribution in [0.1, 0.15) is 0 Å². The van der Waals surface area contributed by atoms with Crippen LogP contribution in [0.5, 0.6) is 0 Å². The third-order valence-electron chi connectivity index (χ3n) is 10.2. The molecule has 10 aromatic rings. The van der Waals surface area contributed by atoms with Crippen LogP contribution in [-0.2, 0) is 0 Å². The summed E-state index contributed by atoms with van der Waals surface area (Å²) < 4.78 is 0. The highest BCUT2D eigenvalue weighted by atomic mass is 14.9. The van der Waals surface area contributed by atoms with Crippen molar-refractivity contribution in [2.24, 2.45) is 0 Å². The van der Waals surface area contributed by atoms with E-state index < -0.39 is 0 Å². The molecule has 4 heterocycles. The Kier molecular flexibility index (Phi) is 8.43. The van der Waals surface area contributed by atoms with Gasteiger partial charge in [-0.3, -0.25) is 4.98 Å². The van der Waals surface area contributed by atoms with Crippen LogP contribution in [-0.4, -0.2) is 24.9 Å². The largest absolute Gasteiger partial charge is 0.255 e. The molecule has 4 aromatic heterocycles. The Labute approximate surface area is 324 Å². The number of fused-ring (bicyclic) bond motifs is 3. The number of nitrogens with zero attached hydrogens (tertiary/aromatic N) is 5. The van der Waals surface area contributed by atoms with Crippen molar-refractivity contribution in [2.45, 2.75) is 0 Å². The fraction of sp³-hybridized carbons (Fsp3) is 0. The van der Waals surface area contributed by atoms with E-state index in [1.165, 1.54) is 0 Å². The van der Waals surface area contributed by atoms with Gasteiger partial charge in [0.15, 0.2) is 5.82 Å². The van der Waals surface area contributed by atoms with Crippen molar-refractivity contribution >= 4 is 21.8 Å². The standard InChI is InChI=1S/C51H33N5/c1-4-13-35(14-5-1)43-32-46(54-50-42(43)28-26-38-27-29-44(53-49(38)50)36-15-6-2-7-16-36)37-24-22-34(23-25-37)40-19-12-20-41(31-40)47-33-48(45-21-10-11-30-52-45)56-51(55-47)39-17-8-3-9-18-39/h1-33H. The van der Waals surface area contributed by atoms with Crippen molar-refractivity contribution in [3.05, 3.63) is 200 Å². The summed E-state index contributed by atoms with van der Waals surface area (Å²) in [7, 11) is 0. The smallest absolute Gasteiger partial charge is 0.160 e. The molecule has 0 aliphatic carbocycles. The molecule has 0 bridgehead atoms. The summed E-state index contributed by atoms with van der Waals surface area (Å²) >= 11 is 0. The summed E-state index contributed by atoms with van der Waals surface area (Å²) in [6.07, 6.45) is 1.79. The Bertz CT molecular complexity index is 2930. The van der Waals surface area contributed by atoms with E-state index in [2.05, 4.69) is 126 Å². The average Bonchev–Trinajstić information content (AvgIpc) is 3.29. The molecule has 56 heavy (non-hydrogen) atoms. The van der Waals surface area contributed by atoms with E-state index in [0.717, 1.165) is 94.8 Å². The third kappa shape index (κ3) is 6.37. The molecule has 0 spiro atoms. The average molecular weight is 716 g/mol. The Morgan fingerprint density at radius 2 is 0.875 bits per heavy atom. The molecule has 0 aliphatic rings. The molecule has 6 aromatic carbocycles. The first kappa shape index (κ1) is 33.0. The number of pyridine rings is 3. The summed E-state index contributed by atoms with van der Waals surface area (Å²) in [5.74, 6) is 0.663. The van der Waals surface area contributed by atoms with Gasteiger partial charge < -0.3 is 0 Å². The number of hydrogen-bond donors (Lipinski definition) is 0. The summed E-state index contributed by atoms with van der Waals surface area (Å²) in [5, 5.41) is 2.13. The van der Waals surface area contributed by atoms with Crippen LogP contribution >= 0.6 is 0 Å². The molecule has 10 rings (SSSR count). The van der Waals surface area contributed by atoms with E-state index in [1.54, 1.807) is 6.20 Å². The topological polar surface area (TPSA) is 64.5 Å². The maximum atomic E-state index is 5.34. The number of benzene rings is 6. The highest BCUT2D eigenvalue weighted by Gasteiger charge is 2.15. The van der Waals surface area contributed by atoms with Crippen molar-refractivity contribution in [3.63, 3.8) is 0 Å². The highest BCUT2D eigenvalue weighted by molar-refractivity contribution is 6.09. The minimum Gasteiger partial charge on any atom is -0.255 e. The number of rotatable bonds is 7. The Morgan fingerprint density at radius 3 is 1.62 bits per heavy atom. The van der Waals surface area contributed by atoms with Gasteiger partial charge in [-0.1, -0.05) is 158 Å². The number of aromatic nitrogens is 5. The van der Waals surface area contributed by atoms with E-state index >= 15 is 0 Å². The van der Waals surface area contributed by atoms with E-state index in [4.69, 9.17) is 19.9 Å². The molecule has 262 valence electrons. The summed E-state index contributed by atoms with van der Waals surface area (Å²) in [4.78, 5) is 25.1. The Balaban J connectivity index is 1.05. The molecule has 0 fully saturated rings. The second-order valence-electron chi connectivity index (χ2n) is 13.7. The first-order chi connectivity index (χ1) is 27.7. The van der Waals surface area contributed by atoms with Gasteiger partial charge in [-0.2, -0.15) is 0 Å². The second kappa shape index (κ2) is 14.3. The van der Waals surface area contributed by atoms with Gasteiger partial charge in [0.05, 0.1) is 39.5 Å². The van der Waals surface area contributed by atoms with Crippen molar-refractivity contribution in [1.82, 2.24) is 24.9 Å². The van der Waals surface area contributed by atoms with Gasteiger partial charge in [-0.15, -0.1) is 0 Å². The van der Waals surface area contributed by atoms with Crippen LogP contribution in [0.4, 0.5) is 0 Å². The Morgan fingerprint density at radius 1 is 0.286 bits per heavy atom. The zero-order valence-electron chi connectivity index (χ0n) is 30.3. The van der Waals surface area contributed by atoms with E-state index in [9.17, 15) is 0 Å². The molecule has 0 amide bonds. The van der Waals surface area contributed by atoms with Gasteiger partial charge in [0.1, 0.15) is 0 Å². The highest BCUT2D eigenvalue weighted by Crippen LogP contribution is 2.37. The molecule has 5 heteroatoms. The van der Waals surface area contributed by atoms with Crippen LogP contribution in [0.2, 0.25) is 0 Å². The molecular formula is C51H33N5. The fourth-order valence-electron chi connectivity index (χ4n) is 7.29. The first-order valence-corrected chi connectivity index (χ1v) is 18.7. The molecule has 0 N–H and O–H groups in total. The fourth-order valence-corrected chi connectivity index (χ4v) is 7.29. The molecule has 0 atom stereocenters. The Hall–Kier alpha value is -7.63. The van der Waals surface area contributed by atoms with E-state index in [1.807, 2.05) is 72.8 Å². The lowest BCUT2D eigenvalue weighted by Gasteiger charge is -2.13. The van der Waals surface area contributed by atoms with Gasteiger partial charge in [-0.05, 0) is 58.7 Å². The predicted octanol–water partition coefficient (Wildman–Crippen LogP) is 12.6. The summed E-state index contributed by atoms with van der Waals surface area (Å²) in [6, 6.07) is 66.8. The number of hydrogen-bond acceptors (Lipinski definition) is 5. The SMILES string of the molecule is c1ccc(-c2ccc3ccc4c(-c5ccccc5)cc(-c5ccc(-c6cccc(-c7cc(-c8ccccn8)nc(-c8ccccc8)n7)c6)cc5)nc4c3n2)cc1. The first-order valence-electron chi connectivity index (χ1n) is 18.7. The van der Waals surface area contributed by atoms with Crippen LogP contribution < -0.4 is 0 Å². The monoisotopic (exact) mass is 715 g/mol. The van der Waals surface area contributed by atoms with Gasteiger partial charge >= 0.3 is 0 Å². The van der Waals surface area contributed by atoms with Crippen LogP contribution in [0.3, 0.4) is 0 Å². The molecule has 0 unspecified atom stereocenters. The van der Waals surface area contributed by atoms with Crippen LogP contribution in [0.15, 0.2) is 200 Å². The van der Waals surface area contributed by atoms with Crippen molar-refractivity contribution in [3.8, 4) is 78.8 Å². The van der Waals surface area contributed by atoms with Crippen molar-refractivity contribution < 1.29 is 0 Å². The van der Waals surface area contributed by atoms with Gasteiger partial charge in [0.25, 0.3) is 0 Å². The third-order valence-corrected chi connectivity index (χ3v) is 10.2. The maximum Gasteiger partial charge on any atom is 0.160 e. The predicted molar refractivity (Wildman–Crippen MR) is 228 cm³/mol. The molecule has 5 nitrogen and oxygen atoms in total. The molecule has 0 radical (unpaired) electrons. The van der Waals surface area contributed by atoms with Crippen LogP contribution in [0, 0.1) is 0 Å². The molecular weight excluding hydrogens is 683 g/mol. The molecule has 0 saturated heterocycles. The molecule has 0 saturated carbocycles. The zero-order chi connectivity index (χ0) is 37.3. The minimum absolute atomic E-state index is 0.663. The van der Waals surface area contributed by atoms with E-state index in [0.29, 0.717) is 5.82 Å². The lowest BCUT2D eigenvalue weighted by atomic mass is 9.96. The van der Waals surface area contributed by atoms with Crippen molar-refractivity contribution in [2.75, 3.05) is 0 Å². The molecule has 0 aliphatic heterocycles. The lowest BCUT2D eigenvalue weighted by molar-refractivity contribution is 1.16. The van der Waals surface area contributed by atoms with Gasteiger partial charge in [-0.25, -0.2) is 19.9 Å². The summed E-state index contributed by atoms with van der Waals surface area (Å²) in [5.41, 5.74) is 14.5. The van der Waals surface area contributed by atoms with Crippen LogP contribution in [0.25, 0.3) is 101 Å². The quantitative estimate of drug-likeness (QED) is 0.154. The lowest BCUT2D eigenvalue weighted by Crippen LogP contribution is -1.97. The van der Waals surface area contributed by atoms with Gasteiger partial charge in [0.2, 0.25) is 0 Å². The summed E-state index contributed by atoms with van der Waals surface area (Å²) in [6.45, 7) is 0. The van der Waals surface area contributed by atoms with E-state index in [-0.39, 0.29) is 0 Å².